The molecule has 0 radical (unpaired) electrons. The Morgan fingerprint density at radius 1 is 0.971 bits per heavy atom. The SMILES string of the molecule is COCc1oc2c(cc(NS(=O)(=O)c3ccc(C(C)(C)C)cc3)c3ccccc32)c1C(=O)OC. The van der Waals surface area contributed by atoms with E-state index in [2.05, 4.69) is 25.5 Å². The van der Waals surface area contributed by atoms with E-state index in [0.717, 1.165) is 5.56 Å². The van der Waals surface area contributed by atoms with Crippen molar-refractivity contribution in [2.45, 2.75) is 37.7 Å². The summed E-state index contributed by atoms with van der Waals surface area (Å²) in [5.41, 5.74) is 1.94. The molecule has 34 heavy (non-hydrogen) atoms. The highest BCUT2D eigenvalue weighted by atomic mass is 32.2. The summed E-state index contributed by atoms with van der Waals surface area (Å²) >= 11 is 0. The van der Waals surface area contributed by atoms with E-state index in [9.17, 15) is 13.2 Å². The Bertz CT molecular complexity index is 1480. The number of esters is 1. The van der Waals surface area contributed by atoms with Crippen molar-refractivity contribution in [1.29, 1.82) is 0 Å². The summed E-state index contributed by atoms with van der Waals surface area (Å²) in [6, 6.07) is 15.7. The van der Waals surface area contributed by atoms with Crippen LogP contribution < -0.4 is 4.72 Å². The molecule has 0 aliphatic heterocycles. The number of nitrogens with one attached hydrogen (secondary N) is 1. The van der Waals surface area contributed by atoms with Crippen LogP contribution in [0.2, 0.25) is 0 Å². The molecule has 0 saturated heterocycles. The van der Waals surface area contributed by atoms with Crippen LogP contribution in [0.4, 0.5) is 5.69 Å². The van der Waals surface area contributed by atoms with Crippen LogP contribution in [0, 0.1) is 0 Å². The number of carbonyl (C=O) groups is 1. The molecular formula is C26H27NO6S. The third-order valence-electron chi connectivity index (χ3n) is 5.71. The molecule has 4 aromatic rings. The number of ether oxygens (including phenoxy) is 2. The molecule has 8 heteroatoms. The van der Waals surface area contributed by atoms with Gasteiger partial charge >= 0.3 is 5.97 Å². The smallest absolute Gasteiger partial charge is 0.342 e. The molecule has 0 aliphatic rings. The largest absolute Gasteiger partial charge is 0.465 e. The molecule has 0 fully saturated rings. The van der Waals surface area contributed by atoms with Crippen LogP contribution in [0.3, 0.4) is 0 Å². The van der Waals surface area contributed by atoms with E-state index < -0.39 is 16.0 Å². The lowest BCUT2D eigenvalue weighted by molar-refractivity contribution is 0.0594. The zero-order valence-electron chi connectivity index (χ0n) is 19.8. The molecule has 0 atom stereocenters. The van der Waals surface area contributed by atoms with Gasteiger partial charge in [0.2, 0.25) is 0 Å². The predicted molar refractivity (Wildman–Crippen MR) is 132 cm³/mol. The number of sulfonamides is 1. The number of fused-ring (bicyclic) bond motifs is 3. The summed E-state index contributed by atoms with van der Waals surface area (Å²) in [5, 5.41) is 1.74. The Labute approximate surface area is 198 Å². The van der Waals surface area contributed by atoms with Crippen molar-refractivity contribution >= 4 is 43.4 Å². The van der Waals surface area contributed by atoms with Crippen molar-refractivity contribution in [3.63, 3.8) is 0 Å². The van der Waals surface area contributed by atoms with E-state index in [0.29, 0.717) is 33.2 Å². The minimum atomic E-state index is -3.90. The van der Waals surface area contributed by atoms with Gasteiger partial charge in [0.1, 0.15) is 23.5 Å². The quantitative estimate of drug-likeness (QED) is 0.359. The van der Waals surface area contributed by atoms with Crippen molar-refractivity contribution in [2.75, 3.05) is 18.9 Å². The Hall–Kier alpha value is -3.36. The normalized spacial score (nSPS) is 12.3. The summed E-state index contributed by atoms with van der Waals surface area (Å²) in [6.07, 6.45) is 0. The number of furan rings is 1. The lowest BCUT2D eigenvalue weighted by Crippen LogP contribution is -2.15. The molecule has 1 heterocycles. The first-order valence-electron chi connectivity index (χ1n) is 10.7. The highest BCUT2D eigenvalue weighted by Crippen LogP contribution is 2.38. The van der Waals surface area contributed by atoms with Crippen LogP contribution in [0.25, 0.3) is 21.7 Å². The van der Waals surface area contributed by atoms with Crippen LogP contribution in [-0.4, -0.2) is 28.6 Å². The first-order valence-corrected chi connectivity index (χ1v) is 12.2. The highest BCUT2D eigenvalue weighted by Gasteiger charge is 2.25. The molecule has 3 aromatic carbocycles. The zero-order chi connectivity index (χ0) is 24.7. The second kappa shape index (κ2) is 8.77. The molecule has 1 aromatic heterocycles. The average Bonchev–Trinajstić information content (AvgIpc) is 3.16. The van der Waals surface area contributed by atoms with Gasteiger partial charge in [-0.3, -0.25) is 4.72 Å². The number of methoxy groups -OCH3 is 2. The molecule has 1 N–H and O–H groups in total. The van der Waals surface area contributed by atoms with Gasteiger partial charge in [-0.05, 0) is 29.2 Å². The summed E-state index contributed by atoms with van der Waals surface area (Å²) in [6.45, 7) is 6.27. The van der Waals surface area contributed by atoms with Crippen molar-refractivity contribution in [1.82, 2.24) is 0 Å². The van der Waals surface area contributed by atoms with Gasteiger partial charge in [0, 0.05) is 23.3 Å². The summed E-state index contributed by atoms with van der Waals surface area (Å²) in [7, 11) is -1.12. The minimum Gasteiger partial charge on any atom is -0.465 e. The molecule has 0 saturated carbocycles. The van der Waals surface area contributed by atoms with Crippen LogP contribution in [-0.2, 0) is 31.5 Å². The Balaban J connectivity index is 1.88. The van der Waals surface area contributed by atoms with Crippen LogP contribution in [0.1, 0.15) is 42.5 Å². The fraction of sp³-hybridized carbons (Fsp3) is 0.269. The number of rotatable bonds is 6. The van der Waals surface area contributed by atoms with Crippen molar-refractivity contribution < 1.29 is 27.1 Å². The summed E-state index contributed by atoms with van der Waals surface area (Å²) < 4.78 is 45.4. The van der Waals surface area contributed by atoms with E-state index >= 15 is 0 Å². The Morgan fingerprint density at radius 2 is 1.62 bits per heavy atom. The summed E-state index contributed by atoms with van der Waals surface area (Å²) in [5.74, 6) is -0.278. The van der Waals surface area contributed by atoms with Crippen LogP contribution in [0.5, 0.6) is 0 Å². The van der Waals surface area contributed by atoms with Gasteiger partial charge in [0.15, 0.2) is 0 Å². The van der Waals surface area contributed by atoms with Crippen LogP contribution in [0.15, 0.2) is 63.9 Å². The first kappa shape index (κ1) is 23.8. The monoisotopic (exact) mass is 481 g/mol. The van der Waals surface area contributed by atoms with E-state index in [1.54, 1.807) is 24.3 Å². The fourth-order valence-electron chi connectivity index (χ4n) is 3.95. The molecule has 0 amide bonds. The molecule has 0 bridgehead atoms. The number of carbonyl (C=O) groups excluding carboxylic acids is 1. The Kier molecular flexibility index (Phi) is 6.14. The molecule has 7 nitrogen and oxygen atoms in total. The number of hydrogen-bond donors (Lipinski definition) is 1. The number of hydrogen-bond acceptors (Lipinski definition) is 6. The maximum atomic E-state index is 13.3. The third-order valence-corrected chi connectivity index (χ3v) is 7.09. The van der Waals surface area contributed by atoms with Crippen LogP contribution >= 0.6 is 0 Å². The van der Waals surface area contributed by atoms with Gasteiger partial charge in [0.25, 0.3) is 10.0 Å². The number of benzene rings is 3. The highest BCUT2D eigenvalue weighted by molar-refractivity contribution is 7.92. The molecule has 0 aliphatic carbocycles. The maximum Gasteiger partial charge on any atom is 0.342 e. The van der Waals surface area contributed by atoms with Crippen molar-refractivity contribution in [3.05, 3.63) is 71.5 Å². The first-order chi connectivity index (χ1) is 16.1. The standard InChI is InChI=1S/C26H27NO6S/c1-26(2,3)16-10-12-17(13-11-16)34(29,30)27-21-14-20-23(25(28)32-5)22(15-31-4)33-24(20)19-9-7-6-8-18(19)21/h6-14,27H,15H2,1-5H3. The number of anilines is 1. The van der Waals surface area contributed by atoms with Gasteiger partial charge < -0.3 is 13.9 Å². The van der Waals surface area contributed by atoms with E-state index in [1.807, 2.05) is 30.3 Å². The van der Waals surface area contributed by atoms with E-state index in [4.69, 9.17) is 13.9 Å². The van der Waals surface area contributed by atoms with Gasteiger partial charge in [-0.2, -0.15) is 0 Å². The molecule has 0 unspecified atom stereocenters. The lowest BCUT2D eigenvalue weighted by Gasteiger charge is -2.19. The maximum absolute atomic E-state index is 13.3. The summed E-state index contributed by atoms with van der Waals surface area (Å²) in [4.78, 5) is 12.7. The minimum absolute atomic E-state index is 0.0641. The van der Waals surface area contributed by atoms with E-state index in [-0.39, 0.29) is 22.5 Å². The molecule has 0 spiro atoms. The predicted octanol–water partition coefficient (Wildman–Crippen LogP) is 5.62. The molecule has 178 valence electrons. The van der Waals surface area contributed by atoms with Gasteiger partial charge in [-0.1, -0.05) is 57.2 Å². The van der Waals surface area contributed by atoms with Gasteiger partial charge in [-0.15, -0.1) is 0 Å². The third kappa shape index (κ3) is 4.26. The van der Waals surface area contributed by atoms with Gasteiger partial charge in [-0.25, -0.2) is 13.2 Å². The van der Waals surface area contributed by atoms with Gasteiger partial charge in [0.05, 0.1) is 17.7 Å². The molecule has 4 rings (SSSR count). The second-order valence-corrected chi connectivity index (χ2v) is 10.7. The average molecular weight is 482 g/mol. The molecular weight excluding hydrogens is 454 g/mol. The fourth-order valence-corrected chi connectivity index (χ4v) is 5.02. The zero-order valence-corrected chi connectivity index (χ0v) is 20.6. The topological polar surface area (TPSA) is 94.8 Å². The lowest BCUT2D eigenvalue weighted by atomic mass is 9.87. The second-order valence-electron chi connectivity index (χ2n) is 9.05. The Morgan fingerprint density at radius 3 is 2.21 bits per heavy atom. The van der Waals surface area contributed by atoms with E-state index in [1.165, 1.54) is 14.2 Å². The van der Waals surface area contributed by atoms with Crippen molar-refractivity contribution in [2.24, 2.45) is 0 Å². The van der Waals surface area contributed by atoms with Crippen molar-refractivity contribution in [3.8, 4) is 0 Å².